The largest absolute Gasteiger partial charge is 0.267 e. The van der Waals surface area contributed by atoms with Crippen LogP contribution in [0.15, 0.2) is 36.4 Å². The van der Waals surface area contributed by atoms with Crippen LogP contribution in [0.3, 0.4) is 0 Å². The molecule has 0 aliphatic carbocycles. The van der Waals surface area contributed by atoms with E-state index in [0.29, 0.717) is 15.6 Å². The van der Waals surface area contributed by atoms with Gasteiger partial charge in [-0.3, -0.25) is 0 Å². The third-order valence-corrected chi connectivity index (χ3v) is 2.88. The second kappa shape index (κ2) is 5.21. The Morgan fingerprint density at radius 1 is 0.944 bits per heavy atom. The summed E-state index contributed by atoms with van der Waals surface area (Å²) in [5, 5.41) is 0.615. The highest BCUT2D eigenvalue weighted by atomic mass is 35.5. The van der Waals surface area contributed by atoms with Gasteiger partial charge in [-0.25, -0.2) is 13.2 Å². The third-order valence-electron chi connectivity index (χ3n) is 2.44. The molecule has 0 aliphatic heterocycles. The van der Waals surface area contributed by atoms with Crippen molar-refractivity contribution in [1.82, 2.24) is 0 Å². The number of rotatable bonds is 2. The predicted octanol–water partition coefficient (Wildman–Crippen LogP) is 5.74. The summed E-state index contributed by atoms with van der Waals surface area (Å²) in [5.74, 6) is -0.946. The number of benzene rings is 2. The zero-order chi connectivity index (χ0) is 13.3. The van der Waals surface area contributed by atoms with Crippen molar-refractivity contribution in [2.45, 2.75) is 6.43 Å². The quantitative estimate of drug-likeness (QED) is 0.662. The zero-order valence-electron chi connectivity index (χ0n) is 8.93. The van der Waals surface area contributed by atoms with Crippen LogP contribution in [0, 0.1) is 5.82 Å². The number of halogens is 5. The van der Waals surface area contributed by atoms with Gasteiger partial charge in [-0.1, -0.05) is 35.3 Å². The van der Waals surface area contributed by atoms with Gasteiger partial charge < -0.3 is 0 Å². The summed E-state index contributed by atoms with van der Waals surface area (Å²) in [6.07, 6.45) is -2.90. The zero-order valence-corrected chi connectivity index (χ0v) is 10.4. The Morgan fingerprint density at radius 2 is 1.56 bits per heavy atom. The summed E-state index contributed by atoms with van der Waals surface area (Å²) < 4.78 is 39.2. The highest BCUT2D eigenvalue weighted by molar-refractivity contribution is 6.35. The van der Waals surface area contributed by atoms with Crippen molar-refractivity contribution >= 4 is 23.2 Å². The van der Waals surface area contributed by atoms with Crippen molar-refractivity contribution in [2.75, 3.05) is 0 Å². The fourth-order valence-electron chi connectivity index (χ4n) is 1.72. The van der Waals surface area contributed by atoms with Crippen molar-refractivity contribution in [3.05, 3.63) is 57.8 Å². The molecular weight excluding hydrogens is 284 g/mol. The molecule has 94 valence electrons. The highest BCUT2D eigenvalue weighted by Gasteiger charge is 2.19. The van der Waals surface area contributed by atoms with E-state index in [1.165, 1.54) is 30.3 Å². The first-order valence-electron chi connectivity index (χ1n) is 5.02. The fraction of sp³-hybridized carbons (Fsp3) is 0.0769. The molecule has 0 unspecified atom stereocenters. The Bertz CT molecular complexity index is 562. The van der Waals surface area contributed by atoms with E-state index in [-0.39, 0.29) is 5.56 Å². The first-order chi connectivity index (χ1) is 8.49. The molecule has 0 atom stereocenters. The first kappa shape index (κ1) is 13.2. The van der Waals surface area contributed by atoms with Crippen LogP contribution in [-0.4, -0.2) is 0 Å². The molecule has 0 fully saturated rings. The van der Waals surface area contributed by atoms with Gasteiger partial charge in [-0.2, -0.15) is 0 Å². The second-order valence-corrected chi connectivity index (χ2v) is 4.53. The van der Waals surface area contributed by atoms with Crippen molar-refractivity contribution < 1.29 is 13.2 Å². The van der Waals surface area contributed by atoms with Gasteiger partial charge in [0.05, 0.1) is 5.56 Å². The lowest BCUT2D eigenvalue weighted by molar-refractivity contribution is 0.147. The van der Waals surface area contributed by atoms with Crippen LogP contribution in [0.4, 0.5) is 13.2 Å². The molecule has 5 heteroatoms. The molecule has 0 spiro atoms. The molecule has 0 radical (unpaired) electrons. The number of hydrogen-bond acceptors (Lipinski definition) is 0. The maximum Gasteiger partial charge on any atom is 0.267 e. The third kappa shape index (κ3) is 2.62. The molecule has 0 heterocycles. The SMILES string of the molecule is Fc1cccc(-c2cc(Cl)cc(Cl)c2)c1C(F)F. The maximum atomic E-state index is 13.4. The first-order valence-corrected chi connectivity index (χ1v) is 5.77. The van der Waals surface area contributed by atoms with Crippen LogP contribution in [-0.2, 0) is 0 Å². The average molecular weight is 291 g/mol. The van der Waals surface area contributed by atoms with Gasteiger partial charge >= 0.3 is 0 Å². The summed E-state index contributed by atoms with van der Waals surface area (Å²) in [4.78, 5) is 0. The smallest absolute Gasteiger partial charge is 0.206 e. The Kier molecular flexibility index (Phi) is 3.83. The lowest BCUT2D eigenvalue weighted by Crippen LogP contribution is -1.95. The van der Waals surface area contributed by atoms with Gasteiger partial charge in [0.1, 0.15) is 5.82 Å². The summed E-state index contributed by atoms with van der Waals surface area (Å²) in [6, 6.07) is 8.19. The van der Waals surface area contributed by atoms with E-state index in [1.807, 2.05) is 0 Å². The van der Waals surface area contributed by atoms with Crippen LogP contribution in [0.25, 0.3) is 11.1 Å². The normalized spacial score (nSPS) is 11.0. The van der Waals surface area contributed by atoms with Crippen molar-refractivity contribution in [2.24, 2.45) is 0 Å². The summed E-state index contributed by atoms with van der Waals surface area (Å²) >= 11 is 11.6. The standard InChI is InChI=1S/C13H7Cl2F3/c14-8-4-7(5-9(15)6-8)10-2-1-3-11(16)12(10)13(17)18/h1-6,13H. The van der Waals surface area contributed by atoms with Crippen molar-refractivity contribution in [3.8, 4) is 11.1 Å². The van der Waals surface area contributed by atoms with Crippen LogP contribution < -0.4 is 0 Å². The lowest BCUT2D eigenvalue weighted by Gasteiger charge is -2.10. The maximum absolute atomic E-state index is 13.4. The molecule has 0 bridgehead atoms. The Balaban J connectivity index is 2.67. The van der Waals surface area contributed by atoms with E-state index in [0.717, 1.165) is 6.07 Å². The molecule has 0 amide bonds. The van der Waals surface area contributed by atoms with Gasteiger partial charge in [0.15, 0.2) is 0 Å². The predicted molar refractivity (Wildman–Crippen MR) is 66.8 cm³/mol. The van der Waals surface area contributed by atoms with Crippen LogP contribution in [0.2, 0.25) is 10.0 Å². The molecule has 0 saturated heterocycles. The van der Waals surface area contributed by atoms with E-state index in [1.54, 1.807) is 0 Å². The van der Waals surface area contributed by atoms with Gasteiger partial charge in [0, 0.05) is 10.0 Å². The van der Waals surface area contributed by atoms with Gasteiger partial charge in [-0.15, -0.1) is 0 Å². The number of alkyl halides is 2. The molecular formula is C13H7Cl2F3. The van der Waals surface area contributed by atoms with E-state index in [4.69, 9.17) is 23.2 Å². The average Bonchev–Trinajstić information content (AvgIpc) is 2.26. The Morgan fingerprint density at radius 3 is 2.11 bits per heavy atom. The summed E-state index contributed by atoms with van der Waals surface area (Å²) in [5.41, 5.74) is -0.187. The lowest BCUT2D eigenvalue weighted by atomic mass is 9.99. The highest BCUT2D eigenvalue weighted by Crippen LogP contribution is 2.35. The van der Waals surface area contributed by atoms with Crippen LogP contribution in [0.1, 0.15) is 12.0 Å². The fourth-order valence-corrected chi connectivity index (χ4v) is 2.25. The van der Waals surface area contributed by atoms with Gasteiger partial charge in [0.2, 0.25) is 0 Å². The second-order valence-electron chi connectivity index (χ2n) is 3.66. The molecule has 18 heavy (non-hydrogen) atoms. The molecule has 2 aromatic rings. The summed E-state index contributed by atoms with van der Waals surface area (Å²) in [7, 11) is 0. The molecule has 2 rings (SSSR count). The topological polar surface area (TPSA) is 0 Å². The van der Waals surface area contributed by atoms with Gasteiger partial charge in [0.25, 0.3) is 6.43 Å². The minimum absolute atomic E-state index is 0.0920. The summed E-state index contributed by atoms with van der Waals surface area (Å²) in [6.45, 7) is 0. The molecule has 0 saturated carbocycles. The molecule has 2 aromatic carbocycles. The molecule has 0 aliphatic rings. The van der Waals surface area contributed by atoms with Crippen molar-refractivity contribution in [1.29, 1.82) is 0 Å². The van der Waals surface area contributed by atoms with Gasteiger partial charge in [-0.05, 0) is 35.4 Å². The molecule has 0 N–H and O–H groups in total. The van der Waals surface area contributed by atoms with Crippen LogP contribution >= 0.6 is 23.2 Å². The molecule has 0 nitrogen and oxygen atoms in total. The Labute approximate surface area is 112 Å². The van der Waals surface area contributed by atoms with Crippen LogP contribution in [0.5, 0.6) is 0 Å². The Hall–Kier alpha value is -1.19. The van der Waals surface area contributed by atoms with E-state index in [2.05, 4.69) is 0 Å². The molecule has 0 aromatic heterocycles. The monoisotopic (exact) mass is 290 g/mol. The minimum Gasteiger partial charge on any atom is -0.206 e. The van der Waals surface area contributed by atoms with E-state index < -0.39 is 17.8 Å². The van der Waals surface area contributed by atoms with Crippen molar-refractivity contribution in [3.63, 3.8) is 0 Å². The van der Waals surface area contributed by atoms with E-state index >= 15 is 0 Å². The van der Waals surface area contributed by atoms with E-state index in [9.17, 15) is 13.2 Å². The number of hydrogen-bond donors (Lipinski definition) is 0. The minimum atomic E-state index is -2.90.